The van der Waals surface area contributed by atoms with Gasteiger partial charge in [-0.25, -0.2) is 9.97 Å². The van der Waals surface area contributed by atoms with Crippen molar-refractivity contribution in [1.82, 2.24) is 9.97 Å². The minimum absolute atomic E-state index is 0.778. The zero-order valence-corrected chi connectivity index (χ0v) is 11.0. The van der Waals surface area contributed by atoms with Crippen LogP contribution in [0.25, 0.3) is 0 Å². The van der Waals surface area contributed by atoms with E-state index in [1.165, 1.54) is 5.56 Å². The highest BCUT2D eigenvalue weighted by Crippen LogP contribution is 2.16. The number of hydrogen-bond donors (Lipinski definition) is 0. The second-order valence-electron chi connectivity index (χ2n) is 3.80. The molecule has 2 aromatic rings. The first kappa shape index (κ1) is 11.3. The monoisotopic (exact) mass is 276 g/mol. The van der Waals surface area contributed by atoms with Crippen molar-refractivity contribution >= 4 is 15.9 Å². The molecule has 82 valence electrons. The van der Waals surface area contributed by atoms with E-state index >= 15 is 0 Å². The van der Waals surface area contributed by atoms with Gasteiger partial charge in [0.25, 0.3) is 0 Å². The summed E-state index contributed by atoms with van der Waals surface area (Å²) in [7, 11) is 0. The average Bonchev–Trinajstić information content (AvgIpc) is 2.27. The van der Waals surface area contributed by atoms with Crippen molar-refractivity contribution in [1.29, 1.82) is 0 Å². The zero-order valence-electron chi connectivity index (χ0n) is 9.37. The molecule has 2 nitrogen and oxygen atoms in total. The van der Waals surface area contributed by atoms with E-state index < -0.39 is 0 Å². The molecule has 3 heteroatoms. The van der Waals surface area contributed by atoms with E-state index in [1.54, 1.807) is 0 Å². The van der Waals surface area contributed by atoms with Crippen LogP contribution >= 0.6 is 15.9 Å². The number of aromatic nitrogens is 2. The van der Waals surface area contributed by atoms with Crippen LogP contribution in [0.3, 0.4) is 0 Å². The van der Waals surface area contributed by atoms with Gasteiger partial charge in [0, 0.05) is 17.7 Å². The predicted molar refractivity (Wildman–Crippen MR) is 68.5 cm³/mol. The summed E-state index contributed by atoms with van der Waals surface area (Å²) in [5.41, 5.74) is 3.38. The van der Waals surface area contributed by atoms with E-state index in [1.807, 2.05) is 32.0 Å². The van der Waals surface area contributed by atoms with Crippen LogP contribution in [0.4, 0.5) is 0 Å². The number of nitrogens with zero attached hydrogens (tertiary/aromatic N) is 2. The fraction of sp³-hybridized carbons (Fsp3) is 0.231. The molecule has 0 atom stereocenters. The molecule has 1 aromatic heterocycles. The van der Waals surface area contributed by atoms with Crippen molar-refractivity contribution < 1.29 is 0 Å². The smallest absolute Gasteiger partial charge is 0.134 e. The summed E-state index contributed by atoms with van der Waals surface area (Å²) >= 11 is 3.46. The maximum atomic E-state index is 4.49. The van der Waals surface area contributed by atoms with Crippen molar-refractivity contribution in [3.8, 4) is 0 Å². The number of halogens is 1. The normalized spacial score (nSPS) is 10.4. The molecular weight excluding hydrogens is 264 g/mol. The van der Waals surface area contributed by atoms with Crippen LogP contribution < -0.4 is 0 Å². The van der Waals surface area contributed by atoms with Gasteiger partial charge in [-0.15, -0.1) is 0 Å². The second kappa shape index (κ2) is 4.74. The van der Waals surface area contributed by atoms with Crippen LogP contribution in [0, 0.1) is 13.8 Å². The van der Waals surface area contributed by atoms with Crippen molar-refractivity contribution in [2.75, 3.05) is 0 Å². The fourth-order valence-electron chi connectivity index (χ4n) is 1.51. The highest BCUT2D eigenvalue weighted by Gasteiger charge is 2.05. The lowest BCUT2D eigenvalue weighted by molar-refractivity contribution is 0.912. The summed E-state index contributed by atoms with van der Waals surface area (Å²) in [6.45, 7) is 4.03. The Labute approximate surface area is 104 Å². The van der Waals surface area contributed by atoms with E-state index in [-0.39, 0.29) is 0 Å². The average molecular weight is 277 g/mol. The minimum atomic E-state index is 0.778. The number of aryl methyl sites for hydroxylation is 1. The van der Waals surface area contributed by atoms with Gasteiger partial charge >= 0.3 is 0 Å². The molecular formula is C13H13BrN2. The van der Waals surface area contributed by atoms with Crippen molar-refractivity contribution in [3.63, 3.8) is 0 Å². The first-order valence-corrected chi connectivity index (χ1v) is 5.99. The highest BCUT2D eigenvalue weighted by molar-refractivity contribution is 9.10. The molecule has 0 aliphatic carbocycles. The Morgan fingerprint density at radius 3 is 2.38 bits per heavy atom. The quantitative estimate of drug-likeness (QED) is 0.786. The van der Waals surface area contributed by atoms with Crippen LogP contribution in [0.2, 0.25) is 0 Å². The van der Waals surface area contributed by atoms with Crippen LogP contribution in [-0.4, -0.2) is 9.97 Å². The topological polar surface area (TPSA) is 25.8 Å². The molecule has 1 aromatic carbocycles. The largest absolute Gasteiger partial charge is 0.238 e. The van der Waals surface area contributed by atoms with E-state index in [0.717, 1.165) is 28.1 Å². The standard InChI is InChI=1S/C13H13BrN2/c1-9-10(2)15-12(16-13(9)14)8-11-6-4-3-5-7-11/h3-7H,8H2,1-2H3. The van der Waals surface area contributed by atoms with Gasteiger partial charge in [0.2, 0.25) is 0 Å². The molecule has 0 bridgehead atoms. The summed E-state index contributed by atoms with van der Waals surface area (Å²) in [5.74, 6) is 0.862. The molecule has 2 rings (SSSR count). The SMILES string of the molecule is Cc1nc(Cc2ccccc2)nc(Br)c1C. The summed E-state index contributed by atoms with van der Waals surface area (Å²) in [6, 6.07) is 10.3. The Bertz CT molecular complexity index is 472. The minimum Gasteiger partial charge on any atom is -0.238 e. The lowest BCUT2D eigenvalue weighted by Crippen LogP contribution is -2.01. The summed E-state index contributed by atoms with van der Waals surface area (Å²) in [5, 5.41) is 0. The van der Waals surface area contributed by atoms with Crippen LogP contribution in [-0.2, 0) is 6.42 Å². The lowest BCUT2D eigenvalue weighted by atomic mass is 10.1. The van der Waals surface area contributed by atoms with E-state index in [2.05, 4.69) is 38.0 Å². The fourth-order valence-corrected chi connectivity index (χ4v) is 2.00. The van der Waals surface area contributed by atoms with Crippen LogP contribution in [0.1, 0.15) is 22.6 Å². The summed E-state index contributed by atoms with van der Waals surface area (Å²) < 4.78 is 0.894. The molecule has 0 spiro atoms. The van der Waals surface area contributed by atoms with Gasteiger partial charge in [-0.3, -0.25) is 0 Å². The van der Waals surface area contributed by atoms with Crippen molar-refractivity contribution in [2.45, 2.75) is 20.3 Å². The first-order chi connectivity index (χ1) is 7.66. The Kier molecular flexibility index (Phi) is 3.34. The Morgan fingerprint density at radius 1 is 1.06 bits per heavy atom. The van der Waals surface area contributed by atoms with E-state index in [0.29, 0.717) is 0 Å². The molecule has 1 heterocycles. The van der Waals surface area contributed by atoms with Gasteiger partial charge in [-0.05, 0) is 35.3 Å². The van der Waals surface area contributed by atoms with Crippen LogP contribution in [0.5, 0.6) is 0 Å². The molecule has 0 fully saturated rings. The third-order valence-corrected chi connectivity index (χ3v) is 3.35. The maximum absolute atomic E-state index is 4.49. The molecule has 0 saturated carbocycles. The van der Waals surface area contributed by atoms with Crippen molar-refractivity contribution in [2.24, 2.45) is 0 Å². The second-order valence-corrected chi connectivity index (χ2v) is 4.55. The lowest BCUT2D eigenvalue weighted by Gasteiger charge is -2.06. The predicted octanol–water partition coefficient (Wildman–Crippen LogP) is 3.45. The molecule has 0 aliphatic rings. The van der Waals surface area contributed by atoms with Gasteiger partial charge in [-0.2, -0.15) is 0 Å². The first-order valence-electron chi connectivity index (χ1n) is 5.20. The Balaban J connectivity index is 2.29. The third-order valence-electron chi connectivity index (χ3n) is 2.58. The molecule has 0 aliphatic heterocycles. The van der Waals surface area contributed by atoms with Gasteiger partial charge < -0.3 is 0 Å². The molecule has 16 heavy (non-hydrogen) atoms. The summed E-state index contributed by atoms with van der Waals surface area (Å²) in [4.78, 5) is 8.92. The van der Waals surface area contributed by atoms with Gasteiger partial charge in [0.05, 0.1) is 0 Å². The number of rotatable bonds is 2. The highest BCUT2D eigenvalue weighted by atomic mass is 79.9. The van der Waals surface area contributed by atoms with Gasteiger partial charge in [0.15, 0.2) is 0 Å². The third kappa shape index (κ3) is 2.47. The van der Waals surface area contributed by atoms with Crippen molar-refractivity contribution in [3.05, 3.63) is 57.6 Å². The molecule has 0 N–H and O–H groups in total. The molecule has 0 amide bonds. The van der Waals surface area contributed by atoms with Gasteiger partial charge in [-0.1, -0.05) is 30.3 Å². The molecule has 0 saturated heterocycles. The van der Waals surface area contributed by atoms with E-state index in [4.69, 9.17) is 0 Å². The number of benzene rings is 1. The molecule has 0 unspecified atom stereocenters. The summed E-state index contributed by atoms with van der Waals surface area (Å²) in [6.07, 6.45) is 0.778. The molecule has 0 radical (unpaired) electrons. The zero-order chi connectivity index (χ0) is 11.5. The van der Waals surface area contributed by atoms with Crippen LogP contribution in [0.15, 0.2) is 34.9 Å². The number of hydrogen-bond acceptors (Lipinski definition) is 2. The van der Waals surface area contributed by atoms with Gasteiger partial charge in [0.1, 0.15) is 10.4 Å². The van der Waals surface area contributed by atoms with E-state index in [9.17, 15) is 0 Å². The Morgan fingerprint density at radius 2 is 1.75 bits per heavy atom. The Hall–Kier alpha value is -1.22. The maximum Gasteiger partial charge on any atom is 0.134 e.